The molecule has 1 saturated heterocycles. The molecule has 0 spiro atoms. The number of carboxylic acid groups (broad SMARTS) is 1. The predicted molar refractivity (Wildman–Crippen MR) is 113 cm³/mol. The molecule has 1 heterocycles. The van der Waals surface area contributed by atoms with Gasteiger partial charge in [0.1, 0.15) is 16.7 Å². The molecule has 0 bridgehead atoms. The van der Waals surface area contributed by atoms with Crippen LogP contribution >= 0.6 is 35.6 Å². The van der Waals surface area contributed by atoms with Gasteiger partial charge in [0.05, 0.1) is 15.9 Å². The molecule has 150 valence electrons. The van der Waals surface area contributed by atoms with Gasteiger partial charge in [-0.15, -0.1) is 0 Å². The van der Waals surface area contributed by atoms with Gasteiger partial charge in [0.25, 0.3) is 5.91 Å². The number of rotatable bonds is 7. The van der Waals surface area contributed by atoms with Crippen molar-refractivity contribution in [3.63, 3.8) is 0 Å². The maximum atomic E-state index is 12.7. The Morgan fingerprint density at radius 3 is 2.79 bits per heavy atom. The molecule has 28 heavy (non-hydrogen) atoms. The van der Waals surface area contributed by atoms with Crippen molar-refractivity contribution in [1.82, 2.24) is 4.90 Å². The summed E-state index contributed by atoms with van der Waals surface area (Å²) in [5, 5.41) is 10.8. The van der Waals surface area contributed by atoms with Crippen molar-refractivity contribution in [1.29, 1.82) is 0 Å². The number of halogens is 1. The van der Waals surface area contributed by atoms with Crippen molar-refractivity contribution in [2.45, 2.75) is 38.5 Å². The Morgan fingerprint density at radius 2 is 2.11 bits per heavy atom. The van der Waals surface area contributed by atoms with Gasteiger partial charge in [-0.05, 0) is 36.1 Å². The van der Waals surface area contributed by atoms with E-state index in [9.17, 15) is 14.7 Å². The summed E-state index contributed by atoms with van der Waals surface area (Å²) in [5.74, 6) is -0.450. The van der Waals surface area contributed by atoms with Crippen LogP contribution in [0.4, 0.5) is 0 Å². The highest BCUT2D eigenvalue weighted by atomic mass is 35.5. The Hall–Kier alpha value is -1.57. The lowest BCUT2D eigenvalue weighted by molar-refractivity contribution is -0.307. The fraction of sp³-hybridized carbons (Fsp3) is 0.450. The molecule has 2 fully saturated rings. The number of hydrogen-bond acceptors (Lipinski definition) is 6. The Kier molecular flexibility index (Phi) is 7.37. The minimum Gasteiger partial charge on any atom is -0.546 e. The molecule has 1 aromatic rings. The van der Waals surface area contributed by atoms with Crippen LogP contribution in [0.2, 0.25) is 5.02 Å². The van der Waals surface area contributed by atoms with Crippen LogP contribution in [0.15, 0.2) is 23.1 Å². The molecule has 1 aliphatic heterocycles. The van der Waals surface area contributed by atoms with Crippen molar-refractivity contribution >= 4 is 57.9 Å². The molecule has 1 aromatic carbocycles. The third-order valence-electron chi connectivity index (χ3n) is 4.96. The second-order valence-corrected chi connectivity index (χ2v) is 9.06. The number of carbonyl (C=O) groups excluding carboxylic acids is 2. The molecule has 0 atom stereocenters. The first-order valence-electron chi connectivity index (χ1n) is 9.31. The molecule has 3 rings (SSSR count). The molecule has 0 N–H and O–H groups in total. The Labute approximate surface area is 179 Å². The van der Waals surface area contributed by atoms with Crippen LogP contribution in [-0.2, 0) is 9.59 Å². The van der Waals surface area contributed by atoms with Crippen molar-refractivity contribution in [3.05, 3.63) is 33.7 Å². The van der Waals surface area contributed by atoms with E-state index in [-0.39, 0.29) is 16.7 Å². The molecule has 0 radical (unpaired) electrons. The molecular formula is C20H21ClNO4S2-. The zero-order valence-electron chi connectivity index (χ0n) is 15.3. The highest BCUT2D eigenvalue weighted by Gasteiger charge is 2.32. The van der Waals surface area contributed by atoms with Crippen molar-refractivity contribution in [2.24, 2.45) is 5.92 Å². The summed E-state index contributed by atoms with van der Waals surface area (Å²) in [6, 6.07) is 4.91. The smallest absolute Gasteiger partial charge is 0.266 e. The Morgan fingerprint density at radius 1 is 1.36 bits per heavy atom. The summed E-state index contributed by atoms with van der Waals surface area (Å²) in [5.41, 5.74) is 0.721. The number of aliphatic carboxylic acids is 1. The number of hydrogen-bond donors (Lipinski definition) is 0. The maximum Gasteiger partial charge on any atom is 0.266 e. The predicted octanol–water partition coefficient (Wildman–Crippen LogP) is 3.64. The van der Waals surface area contributed by atoms with Crippen LogP contribution in [0.5, 0.6) is 5.75 Å². The summed E-state index contributed by atoms with van der Waals surface area (Å²) in [4.78, 5) is 25.5. The Balaban J connectivity index is 1.63. The second-order valence-electron chi connectivity index (χ2n) is 6.98. The monoisotopic (exact) mass is 438 g/mol. The van der Waals surface area contributed by atoms with Gasteiger partial charge < -0.3 is 14.6 Å². The lowest BCUT2D eigenvalue weighted by Gasteiger charge is -2.23. The van der Waals surface area contributed by atoms with E-state index in [1.807, 2.05) is 0 Å². The second kappa shape index (κ2) is 9.76. The third kappa shape index (κ3) is 5.49. The molecule has 2 aliphatic rings. The molecule has 0 unspecified atom stereocenters. The third-order valence-corrected chi connectivity index (χ3v) is 6.63. The summed E-state index contributed by atoms with van der Waals surface area (Å²) >= 11 is 12.8. The van der Waals surface area contributed by atoms with E-state index in [1.165, 1.54) is 43.9 Å². The molecule has 0 aromatic heterocycles. The first-order valence-corrected chi connectivity index (χ1v) is 10.9. The highest BCUT2D eigenvalue weighted by Crippen LogP contribution is 2.35. The van der Waals surface area contributed by atoms with Crippen LogP contribution in [0.3, 0.4) is 0 Å². The number of thioether (sulfide) groups is 1. The van der Waals surface area contributed by atoms with Gasteiger partial charge in [-0.1, -0.05) is 73.8 Å². The van der Waals surface area contributed by atoms with E-state index >= 15 is 0 Å². The van der Waals surface area contributed by atoms with E-state index in [0.29, 0.717) is 21.7 Å². The topological polar surface area (TPSA) is 69.7 Å². The molecule has 1 aliphatic carbocycles. The minimum atomic E-state index is -1.32. The van der Waals surface area contributed by atoms with Crippen LogP contribution in [0.25, 0.3) is 6.08 Å². The van der Waals surface area contributed by atoms with E-state index in [4.69, 9.17) is 28.6 Å². The summed E-state index contributed by atoms with van der Waals surface area (Å²) in [6.45, 7) is 0.0994. The van der Waals surface area contributed by atoms with Crippen molar-refractivity contribution < 1.29 is 19.4 Å². The number of benzene rings is 1. The lowest BCUT2D eigenvalue weighted by atomic mass is 9.87. The molecule has 1 saturated carbocycles. The Bertz CT molecular complexity index is 805. The van der Waals surface area contributed by atoms with Gasteiger partial charge in [0.2, 0.25) is 0 Å². The minimum absolute atomic E-state index is 0.0702. The number of ether oxygens (including phenoxy) is 1. The van der Waals surface area contributed by atoms with Gasteiger partial charge in [-0.25, -0.2) is 0 Å². The zero-order valence-corrected chi connectivity index (χ0v) is 17.7. The lowest BCUT2D eigenvalue weighted by Crippen LogP contribution is -2.30. The molecule has 1 amide bonds. The first kappa shape index (κ1) is 21.1. The summed E-state index contributed by atoms with van der Waals surface area (Å²) in [7, 11) is 0. The van der Waals surface area contributed by atoms with Crippen molar-refractivity contribution in [2.75, 3.05) is 13.2 Å². The van der Waals surface area contributed by atoms with Crippen LogP contribution < -0.4 is 9.84 Å². The average molecular weight is 439 g/mol. The standard InChI is InChI=1S/C20H22ClNO4S2/c21-15-10-14(6-7-16(15)26-12-18(23)24)11-17-19(25)22(20(27)28-17)9-8-13-4-2-1-3-5-13/h6-7,10-11,13H,1-5,8-9,12H2,(H,23,24)/p-1/b17-11-. The van der Waals surface area contributed by atoms with E-state index < -0.39 is 12.6 Å². The molecule has 5 nitrogen and oxygen atoms in total. The van der Waals surface area contributed by atoms with Gasteiger partial charge in [-0.2, -0.15) is 0 Å². The fourth-order valence-electron chi connectivity index (χ4n) is 3.49. The van der Waals surface area contributed by atoms with E-state index in [1.54, 1.807) is 29.2 Å². The van der Waals surface area contributed by atoms with Crippen LogP contribution in [0, 0.1) is 5.92 Å². The number of nitrogens with zero attached hydrogens (tertiary/aromatic N) is 1. The first-order chi connectivity index (χ1) is 13.4. The molecular weight excluding hydrogens is 418 g/mol. The van der Waals surface area contributed by atoms with Gasteiger partial charge in [-0.3, -0.25) is 9.69 Å². The van der Waals surface area contributed by atoms with Crippen LogP contribution in [-0.4, -0.2) is 34.2 Å². The SMILES string of the molecule is O=C([O-])COc1ccc(/C=C2\SC(=S)N(CCC3CCCCC3)C2=O)cc1Cl. The van der Waals surface area contributed by atoms with E-state index in [2.05, 4.69) is 0 Å². The van der Waals surface area contributed by atoms with E-state index in [0.717, 1.165) is 12.0 Å². The quantitative estimate of drug-likeness (QED) is 0.478. The maximum absolute atomic E-state index is 12.7. The van der Waals surface area contributed by atoms with Gasteiger partial charge in [0, 0.05) is 6.54 Å². The van der Waals surface area contributed by atoms with Crippen molar-refractivity contribution in [3.8, 4) is 5.75 Å². The summed E-state index contributed by atoms with van der Waals surface area (Å²) < 4.78 is 5.64. The van der Waals surface area contributed by atoms with Gasteiger partial charge in [0.15, 0.2) is 0 Å². The van der Waals surface area contributed by atoms with Crippen LogP contribution in [0.1, 0.15) is 44.1 Å². The number of carboxylic acids is 1. The number of amides is 1. The summed E-state index contributed by atoms with van der Waals surface area (Å²) in [6.07, 6.45) is 9.12. The number of thiocarbonyl (C=S) groups is 1. The largest absolute Gasteiger partial charge is 0.546 e. The zero-order chi connectivity index (χ0) is 20.1. The highest BCUT2D eigenvalue weighted by molar-refractivity contribution is 8.26. The fourth-order valence-corrected chi connectivity index (χ4v) is 5.04. The normalized spacial score (nSPS) is 19.5. The van der Waals surface area contributed by atoms with Gasteiger partial charge >= 0.3 is 0 Å². The molecule has 8 heteroatoms. The average Bonchev–Trinajstić information content (AvgIpc) is 2.93. The number of carbonyl (C=O) groups is 2.